The van der Waals surface area contributed by atoms with Gasteiger partial charge in [0.05, 0.1) is 6.54 Å². The highest BCUT2D eigenvalue weighted by molar-refractivity contribution is 6.31. The molecule has 0 aliphatic rings. The van der Waals surface area contributed by atoms with E-state index in [1.54, 1.807) is 30.5 Å². The third-order valence-electron chi connectivity index (χ3n) is 2.25. The number of hydrogen-bond donors (Lipinski definition) is 1. The highest BCUT2D eigenvalue weighted by atomic mass is 35.5. The van der Waals surface area contributed by atoms with Gasteiger partial charge < -0.3 is 5.73 Å². The average molecular weight is 236 g/mol. The number of nitrogens with two attached hydrogens (primary N) is 1. The summed E-state index contributed by atoms with van der Waals surface area (Å²) in [6.45, 7) is 0.283. The van der Waals surface area contributed by atoms with Crippen molar-refractivity contribution in [2.75, 3.05) is 5.73 Å². The highest BCUT2D eigenvalue weighted by Gasteiger charge is 2.06. The third kappa shape index (κ3) is 2.06. The van der Waals surface area contributed by atoms with Gasteiger partial charge in [-0.15, -0.1) is 0 Å². The summed E-state index contributed by atoms with van der Waals surface area (Å²) in [6.07, 6.45) is 1.55. The van der Waals surface area contributed by atoms with Crippen molar-refractivity contribution in [1.82, 2.24) is 9.78 Å². The van der Waals surface area contributed by atoms with Crippen molar-refractivity contribution in [2.24, 2.45) is 0 Å². The van der Waals surface area contributed by atoms with Crippen LogP contribution < -0.4 is 11.3 Å². The smallest absolute Gasteiger partial charge is 0.267 e. The molecule has 5 heteroatoms. The van der Waals surface area contributed by atoms with E-state index < -0.39 is 0 Å². The Bertz CT molecular complexity index is 545. The van der Waals surface area contributed by atoms with Gasteiger partial charge in [0, 0.05) is 28.5 Å². The second-order valence-corrected chi connectivity index (χ2v) is 3.73. The van der Waals surface area contributed by atoms with Gasteiger partial charge in [0.25, 0.3) is 5.56 Å². The van der Waals surface area contributed by atoms with E-state index in [2.05, 4.69) is 5.10 Å². The summed E-state index contributed by atoms with van der Waals surface area (Å²) >= 11 is 6.01. The zero-order valence-electron chi connectivity index (χ0n) is 8.43. The zero-order chi connectivity index (χ0) is 11.5. The summed E-state index contributed by atoms with van der Waals surface area (Å²) in [6, 6.07) is 8.29. The maximum absolute atomic E-state index is 11.5. The number of rotatable bonds is 2. The Kier molecular flexibility index (Phi) is 2.92. The Morgan fingerprint density at radius 2 is 2.12 bits per heavy atom. The zero-order valence-corrected chi connectivity index (χ0v) is 9.19. The largest absolute Gasteiger partial charge is 0.398 e. The quantitative estimate of drug-likeness (QED) is 0.803. The summed E-state index contributed by atoms with van der Waals surface area (Å²) in [5.41, 5.74) is 6.89. The fourth-order valence-corrected chi connectivity index (χ4v) is 1.64. The number of halogens is 1. The molecule has 2 rings (SSSR count). The van der Waals surface area contributed by atoms with Gasteiger partial charge in [-0.3, -0.25) is 4.79 Å². The van der Waals surface area contributed by atoms with Crippen molar-refractivity contribution in [2.45, 2.75) is 6.54 Å². The molecular weight excluding hydrogens is 226 g/mol. The van der Waals surface area contributed by atoms with Gasteiger partial charge in [-0.05, 0) is 18.2 Å². The standard InChI is InChI=1S/C11H10ClN3O/c12-9-3-1-4-10(13)8(9)7-15-11(16)5-2-6-14-15/h1-6H,7,13H2. The van der Waals surface area contributed by atoms with E-state index in [1.807, 2.05) is 0 Å². The minimum absolute atomic E-state index is 0.179. The Morgan fingerprint density at radius 1 is 1.31 bits per heavy atom. The molecule has 1 aromatic heterocycles. The highest BCUT2D eigenvalue weighted by Crippen LogP contribution is 2.21. The van der Waals surface area contributed by atoms with E-state index in [4.69, 9.17) is 17.3 Å². The normalized spacial score (nSPS) is 10.3. The molecule has 2 N–H and O–H groups in total. The van der Waals surface area contributed by atoms with E-state index in [0.29, 0.717) is 16.3 Å². The first-order chi connectivity index (χ1) is 7.68. The summed E-state index contributed by atoms with van der Waals surface area (Å²) in [4.78, 5) is 11.5. The maximum Gasteiger partial charge on any atom is 0.267 e. The van der Waals surface area contributed by atoms with Gasteiger partial charge in [0.1, 0.15) is 0 Å². The van der Waals surface area contributed by atoms with Crippen molar-refractivity contribution in [3.8, 4) is 0 Å². The minimum Gasteiger partial charge on any atom is -0.398 e. The number of anilines is 1. The Labute approximate surface area is 97.3 Å². The maximum atomic E-state index is 11.5. The van der Waals surface area contributed by atoms with Crippen LogP contribution in [-0.4, -0.2) is 9.78 Å². The molecule has 0 fully saturated rings. The van der Waals surface area contributed by atoms with Crippen LogP contribution in [-0.2, 0) is 6.54 Å². The molecule has 0 spiro atoms. The molecule has 0 aliphatic heterocycles. The van der Waals surface area contributed by atoms with E-state index in [1.165, 1.54) is 10.7 Å². The molecule has 16 heavy (non-hydrogen) atoms. The minimum atomic E-state index is -0.179. The van der Waals surface area contributed by atoms with E-state index in [9.17, 15) is 4.79 Å². The van der Waals surface area contributed by atoms with Crippen molar-refractivity contribution >= 4 is 17.3 Å². The number of benzene rings is 1. The van der Waals surface area contributed by atoms with Crippen molar-refractivity contribution < 1.29 is 0 Å². The molecule has 0 saturated heterocycles. The van der Waals surface area contributed by atoms with Crippen LogP contribution in [0.1, 0.15) is 5.56 Å². The first-order valence-corrected chi connectivity index (χ1v) is 5.11. The van der Waals surface area contributed by atoms with E-state index >= 15 is 0 Å². The summed E-state index contributed by atoms with van der Waals surface area (Å²) in [7, 11) is 0. The average Bonchev–Trinajstić information content (AvgIpc) is 2.26. The molecule has 4 nitrogen and oxygen atoms in total. The van der Waals surface area contributed by atoms with Gasteiger partial charge in [-0.2, -0.15) is 5.10 Å². The lowest BCUT2D eigenvalue weighted by atomic mass is 10.2. The monoisotopic (exact) mass is 235 g/mol. The number of nitrogen functional groups attached to an aromatic ring is 1. The van der Waals surface area contributed by atoms with E-state index in [-0.39, 0.29) is 12.1 Å². The number of nitrogens with zero attached hydrogens (tertiary/aromatic N) is 2. The molecule has 0 saturated carbocycles. The lowest BCUT2D eigenvalue weighted by molar-refractivity contribution is 0.640. The first kappa shape index (κ1) is 10.7. The summed E-state index contributed by atoms with van der Waals surface area (Å²) in [5.74, 6) is 0. The fourth-order valence-electron chi connectivity index (χ4n) is 1.40. The molecular formula is C11H10ClN3O. The van der Waals surface area contributed by atoms with Crippen LogP contribution in [0.4, 0.5) is 5.69 Å². The topological polar surface area (TPSA) is 60.9 Å². The van der Waals surface area contributed by atoms with Gasteiger partial charge >= 0.3 is 0 Å². The molecule has 0 atom stereocenters. The number of aromatic nitrogens is 2. The van der Waals surface area contributed by atoms with Crippen molar-refractivity contribution in [3.63, 3.8) is 0 Å². The molecule has 0 amide bonds. The third-order valence-corrected chi connectivity index (χ3v) is 2.60. The summed E-state index contributed by atoms with van der Waals surface area (Å²) in [5, 5.41) is 4.49. The van der Waals surface area contributed by atoms with Crippen LogP contribution >= 0.6 is 11.6 Å². The van der Waals surface area contributed by atoms with Crippen LogP contribution in [0.2, 0.25) is 5.02 Å². The molecule has 1 heterocycles. The van der Waals surface area contributed by atoms with Crippen LogP contribution in [0.15, 0.2) is 41.3 Å². The second-order valence-electron chi connectivity index (χ2n) is 3.33. The molecule has 0 aliphatic carbocycles. The van der Waals surface area contributed by atoms with Gasteiger partial charge in [-0.1, -0.05) is 17.7 Å². The Hall–Kier alpha value is -1.81. The first-order valence-electron chi connectivity index (χ1n) is 4.73. The van der Waals surface area contributed by atoms with Gasteiger partial charge in [-0.25, -0.2) is 4.68 Å². The molecule has 0 radical (unpaired) electrons. The van der Waals surface area contributed by atoms with Crippen molar-refractivity contribution in [1.29, 1.82) is 0 Å². The molecule has 1 aromatic carbocycles. The Morgan fingerprint density at radius 3 is 2.81 bits per heavy atom. The van der Waals surface area contributed by atoms with Crippen LogP contribution in [0.5, 0.6) is 0 Å². The van der Waals surface area contributed by atoms with Crippen molar-refractivity contribution in [3.05, 3.63) is 57.5 Å². The van der Waals surface area contributed by atoms with Crippen LogP contribution in [0.25, 0.3) is 0 Å². The SMILES string of the molecule is Nc1cccc(Cl)c1Cn1ncccc1=O. The van der Waals surface area contributed by atoms with E-state index in [0.717, 1.165) is 0 Å². The Balaban J connectivity index is 2.42. The molecule has 0 bridgehead atoms. The molecule has 2 aromatic rings. The van der Waals surface area contributed by atoms with Gasteiger partial charge in [0.15, 0.2) is 0 Å². The number of hydrogen-bond acceptors (Lipinski definition) is 3. The van der Waals surface area contributed by atoms with Crippen LogP contribution in [0, 0.1) is 0 Å². The lowest BCUT2D eigenvalue weighted by Gasteiger charge is -2.08. The molecule has 0 unspecified atom stereocenters. The fraction of sp³-hybridized carbons (Fsp3) is 0.0909. The van der Waals surface area contributed by atoms with Gasteiger partial charge in [0.2, 0.25) is 0 Å². The lowest BCUT2D eigenvalue weighted by Crippen LogP contribution is -2.22. The summed E-state index contributed by atoms with van der Waals surface area (Å²) < 4.78 is 1.32. The molecule has 82 valence electrons. The second kappa shape index (κ2) is 4.37. The van der Waals surface area contributed by atoms with Crippen LogP contribution in [0.3, 0.4) is 0 Å². The predicted octanol–water partition coefficient (Wildman–Crippen LogP) is 1.53. The predicted molar refractivity (Wildman–Crippen MR) is 63.5 cm³/mol.